The van der Waals surface area contributed by atoms with Crippen molar-refractivity contribution in [3.05, 3.63) is 59.7 Å². The van der Waals surface area contributed by atoms with Crippen LogP contribution in [-0.2, 0) is 27.2 Å². The van der Waals surface area contributed by atoms with Crippen LogP contribution in [0.4, 0.5) is 17.6 Å². The van der Waals surface area contributed by atoms with Gasteiger partial charge in [0.15, 0.2) is 0 Å². The van der Waals surface area contributed by atoms with Crippen molar-refractivity contribution >= 4 is 11.9 Å². The van der Waals surface area contributed by atoms with Gasteiger partial charge in [0.1, 0.15) is 31.0 Å². The summed E-state index contributed by atoms with van der Waals surface area (Å²) in [5, 5.41) is 8.75. The summed E-state index contributed by atoms with van der Waals surface area (Å²) in [6.45, 7) is -0.432. The molecule has 0 aliphatic rings. The van der Waals surface area contributed by atoms with Crippen molar-refractivity contribution < 1.29 is 46.5 Å². The number of carboxylic acid groups (broad SMARTS) is 1. The normalized spacial score (nSPS) is 12.3. The van der Waals surface area contributed by atoms with Gasteiger partial charge >= 0.3 is 18.3 Å². The molecule has 0 aliphatic carbocycles. The second-order valence-corrected chi connectivity index (χ2v) is 8.11. The van der Waals surface area contributed by atoms with Crippen molar-refractivity contribution in [3.63, 3.8) is 0 Å². The Kier molecular flexibility index (Phi) is 11.5. The van der Waals surface area contributed by atoms with Crippen LogP contribution >= 0.6 is 0 Å². The number of benzene rings is 2. The first-order valence-electron chi connectivity index (χ1n) is 11.3. The molecule has 0 amide bonds. The van der Waals surface area contributed by atoms with E-state index in [0.717, 1.165) is 5.56 Å². The Hall–Kier alpha value is -3.34. The van der Waals surface area contributed by atoms with Crippen molar-refractivity contribution in [1.29, 1.82) is 0 Å². The molecule has 198 valence electrons. The van der Waals surface area contributed by atoms with E-state index in [9.17, 15) is 27.2 Å². The molecule has 2 aromatic carbocycles. The van der Waals surface area contributed by atoms with Crippen LogP contribution in [0.2, 0.25) is 0 Å². The predicted molar refractivity (Wildman–Crippen MR) is 122 cm³/mol. The van der Waals surface area contributed by atoms with Gasteiger partial charge in [0.2, 0.25) is 0 Å². The Labute approximate surface area is 206 Å². The summed E-state index contributed by atoms with van der Waals surface area (Å²) in [5.74, 6) is -1.61. The lowest BCUT2D eigenvalue weighted by molar-refractivity contribution is -0.274. The molecule has 0 aliphatic heterocycles. The molecule has 0 fully saturated rings. The highest BCUT2D eigenvalue weighted by Crippen LogP contribution is 2.25. The highest BCUT2D eigenvalue weighted by molar-refractivity contribution is 5.76. The SMILES string of the molecule is CN(CF)CCC(COc1ccccc1CCc1cccc(OC(F)(F)F)c1)OC(=O)CCC(=O)O. The van der Waals surface area contributed by atoms with E-state index in [1.165, 1.54) is 23.1 Å². The van der Waals surface area contributed by atoms with E-state index in [4.69, 9.17) is 14.6 Å². The number of hydrogen-bond acceptors (Lipinski definition) is 6. The molecule has 11 heteroatoms. The van der Waals surface area contributed by atoms with Gasteiger partial charge in [-0.05, 0) is 49.2 Å². The number of esters is 1. The standard InChI is InChI=1S/C25H29F4NO6/c1-30(17-26)14-13-21(35-24(33)12-11-23(31)32)16-34-22-8-3-2-6-19(22)10-9-18-5-4-7-20(15-18)36-25(27,28)29/h2-8,15,21H,9-14,16-17H2,1H3,(H,31,32). The van der Waals surface area contributed by atoms with Crippen LogP contribution in [0.3, 0.4) is 0 Å². The minimum Gasteiger partial charge on any atom is -0.489 e. The van der Waals surface area contributed by atoms with Crippen LogP contribution in [-0.4, -0.2) is 61.4 Å². The molecule has 2 aromatic rings. The summed E-state index contributed by atoms with van der Waals surface area (Å²) in [6, 6.07) is 12.8. The van der Waals surface area contributed by atoms with Crippen molar-refractivity contribution in [2.45, 2.75) is 44.6 Å². The second-order valence-electron chi connectivity index (χ2n) is 8.11. The van der Waals surface area contributed by atoms with Crippen molar-refractivity contribution in [2.75, 3.05) is 27.0 Å². The van der Waals surface area contributed by atoms with E-state index in [1.807, 2.05) is 6.07 Å². The Morgan fingerprint density at radius 3 is 2.50 bits per heavy atom. The number of rotatable bonds is 15. The van der Waals surface area contributed by atoms with Gasteiger partial charge in [0.05, 0.1) is 12.8 Å². The first-order valence-corrected chi connectivity index (χ1v) is 11.3. The van der Waals surface area contributed by atoms with E-state index in [2.05, 4.69) is 4.74 Å². The highest BCUT2D eigenvalue weighted by atomic mass is 19.4. The lowest BCUT2D eigenvalue weighted by atomic mass is 10.0. The molecular weight excluding hydrogens is 486 g/mol. The second kappa shape index (κ2) is 14.3. The Morgan fingerprint density at radius 2 is 1.81 bits per heavy atom. The fraction of sp³-hybridized carbons (Fsp3) is 0.440. The number of aliphatic carboxylic acids is 1. The third-order valence-electron chi connectivity index (χ3n) is 5.09. The van der Waals surface area contributed by atoms with E-state index < -0.39 is 31.2 Å². The minimum atomic E-state index is -4.77. The third kappa shape index (κ3) is 11.4. The summed E-state index contributed by atoms with van der Waals surface area (Å²) in [7, 11) is 1.56. The lowest BCUT2D eigenvalue weighted by Crippen LogP contribution is -2.30. The number of carbonyl (C=O) groups is 2. The van der Waals surface area contributed by atoms with Crippen molar-refractivity contribution in [2.24, 2.45) is 0 Å². The average molecular weight is 516 g/mol. The number of halogens is 4. The zero-order valence-corrected chi connectivity index (χ0v) is 19.8. The number of alkyl halides is 4. The van der Waals surface area contributed by atoms with Crippen LogP contribution in [0.5, 0.6) is 11.5 Å². The fourth-order valence-electron chi connectivity index (χ4n) is 3.27. The van der Waals surface area contributed by atoms with Gasteiger partial charge in [-0.25, -0.2) is 4.39 Å². The molecule has 2 rings (SSSR count). The number of nitrogens with zero attached hydrogens (tertiary/aromatic N) is 1. The molecule has 0 saturated heterocycles. The summed E-state index contributed by atoms with van der Waals surface area (Å²) in [6.07, 6.45) is -5.01. The third-order valence-corrected chi connectivity index (χ3v) is 5.09. The van der Waals surface area contributed by atoms with Gasteiger partial charge < -0.3 is 19.3 Å². The molecule has 1 atom stereocenters. The summed E-state index contributed by atoms with van der Waals surface area (Å²) >= 11 is 0. The molecule has 1 unspecified atom stereocenters. The zero-order chi connectivity index (χ0) is 26.6. The smallest absolute Gasteiger partial charge is 0.489 e. The molecule has 0 saturated carbocycles. The average Bonchev–Trinajstić information content (AvgIpc) is 2.82. The largest absolute Gasteiger partial charge is 0.573 e. The van der Waals surface area contributed by atoms with Gasteiger partial charge in [0, 0.05) is 13.0 Å². The van der Waals surface area contributed by atoms with Crippen LogP contribution in [0, 0.1) is 0 Å². The quantitative estimate of drug-likeness (QED) is 0.208. The number of aryl methyl sites for hydroxylation is 2. The first kappa shape index (κ1) is 28.9. The van der Waals surface area contributed by atoms with Crippen LogP contribution < -0.4 is 9.47 Å². The number of para-hydroxylation sites is 1. The van der Waals surface area contributed by atoms with Crippen LogP contribution in [0.25, 0.3) is 0 Å². The van der Waals surface area contributed by atoms with E-state index in [1.54, 1.807) is 31.3 Å². The molecular formula is C25H29F4NO6. The number of hydrogen-bond donors (Lipinski definition) is 1. The Balaban J connectivity index is 2.01. The molecule has 0 heterocycles. The van der Waals surface area contributed by atoms with E-state index in [0.29, 0.717) is 24.2 Å². The lowest BCUT2D eigenvalue weighted by Gasteiger charge is -2.21. The predicted octanol–water partition coefficient (Wildman–Crippen LogP) is 4.77. The number of carboxylic acids is 1. The van der Waals surface area contributed by atoms with Crippen LogP contribution in [0.15, 0.2) is 48.5 Å². The van der Waals surface area contributed by atoms with Crippen LogP contribution in [0.1, 0.15) is 30.4 Å². The summed E-state index contributed by atoms with van der Waals surface area (Å²) in [4.78, 5) is 24.1. The maximum absolute atomic E-state index is 12.8. The Morgan fingerprint density at radius 1 is 1.06 bits per heavy atom. The van der Waals surface area contributed by atoms with Crippen molar-refractivity contribution in [1.82, 2.24) is 4.90 Å². The van der Waals surface area contributed by atoms with E-state index >= 15 is 0 Å². The summed E-state index contributed by atoms with van der Waals surface area (Å²) in [5.41, 5.74) is 1.43. The fourth-order valence-corrected chi connectivity index (χ4v) is 3.27. The van der Waals surface area contributed by atoms with Gasteiger partial charge in [0.25, 0.3) is 0 Å². The minimum absolute atomic E-state index is 0.0368. The maximum Gasteiger partial charge on any atom is 0.573 e. The van der Waals surface area contributed by atoms with Gasteiger partial charge in [-0.2, -0.15) is 0 Å². The molecule has 0 bridgehead atoms. The van der Waals surface area contributed by atoms with Crippen molar-refractivity contribution in [3.8, 4) is 11.5 Å². The van der Waals surface area contributed by atoms with Gasteiger partial charge in [-0.1, -0.05) is 30.3 Å². The Bertz CT molecular complexity index is 985. The highest BCUT2D eigenvalue weighted by Gasteiger charge is 2.31. The first-order chi connectivity index (χ1) is 17.1. The van der Waals surface area contributed by atoms with E-state index in [-0.39, 0.29) is 38.2 Å². The summed E-state index contributed by atoms with van der Waals surface area (Å²) < 4.78 is 65.5. The zero-order valence-electron chi connectivity index (χ0n) is 19.8. The number of carbonyl (C=O) groups excluding carboxylic acids is 1. The van der Waals surface area contributed by atoms with Gasteiger partial charge in [-0.3, -0.25) is 14.5 Å². The van der Waals surface area contributed by atoms with Gasteiger partial charge in [-0.15, -0.1) is 13.2 Å². The number of ether oxygens (including phenoxy) is 3. The topological polar surface area (TPSA) is 85.3 Å². The maximum atomic E-state index is 12.8. The molecule has 0 spiro atoms. The monoisotopic (exact) mass is 515 g/mol. The molecule has 0 aromatic heterocycles. The molecule has 7 nitrogen and oxygen atoms in total. The molecule has 0 radical (unpaired) electrons. The molecule has 36 heavy (non-hydrogen) atoms. The molecule has 1 N–H and O–H groups in total.